The number of nitrogens with zero attached hydrogens (tertiary/aromatic N) is 4. The predicted molar refractivity (Wildman–Crippen MR) is 138 cm³/mol. The first-order valence-corrected chi connectivity index (χ1v) is 11.9. The molecule has 0 bridgehead atoms. The van der Waals surface area contributed by atoms with Crippen LogP contribution in [0.3, 0.4) is 0 Å². The van der Waals surface area contributed by atoms with Gasteiger partial charge >= 0.3 is 11.7 Å². The molecule has 35 heavy (non-hydrogen) atoms. The third-order valence-electron chi connectivity index (χ3n) is 4.87. The number of nitro benzene ring substituents is 1. The molecule has 1 aromatic heterocycles. The summed E-state index contributed by atoms with van der Waals surface area (Å²) in [6.45, 7) is 7.13. The molecule has 184 valence electrons. The van der Waals surface area contributed by atoms with Gasteiger partial charge in [0.05, 0.1) is 33.6 Å². The van der Waals surface area contributed by atoms with E-state index >= 15 is 0 Å². The lowest BCUT2D eigenvalue weighted by Gasteiger charge is -2.20. The summed E-state index contributed by atoms with van der Waals surface area (Å²) in [5, 5.41) is 16.4. The second-order valence-corrected chi connectivity index (χ2v) is 10.4. The fraction of sp³-hybridized carbons (Fsp3) is 0.304. The van der Waals surface area contributed by atoms with Gasteiger partial charge in [0.25, 0.3) is 5.56 Å². The average Bonchev–Trinajstić information content (AvgIpc) is 2.78. The Morgan fingerprint density at radius 2 is 1.94 bits per heavy atom. The summed E-state index contributed by atoms with van der Waals surface area (Å²) in [6, 6.07) is 7.98. The zero-order valence-corrected chi connectivity index (χ0v) is 22.7. The normalized spacial score (nSPS) is 12.7. The summed E-state index contributed by atoms with van der Waals surface area (Å²) >= 11 is 6.63. The molecule has 0 aliphatic carbocycles. The van der Waals surface area contributed by atoms with Gasteiger partial charge in [-0.3, -0.25) is 14.9 Å². The molecular formula is C23H22Br2N4O6. The summed E-state index contributed by atoms with van der Waals surface area (Å²) in [5.41, 5.74) is -0.429. The Morgan fingerprint density at radius 3 is 2.54 bits per heavy atom. The minimum absolute atomic E-state index is 0.130. The number of halogens is 2. The highest BCUT2D eigenvalue weighted by molar-refractivity contribution is 9.10. The first-order chi connectivity index (χ1) is 16.3. The highest BCUT2D eigenvalue weighted by atomic mass is 79.9. The molecule has 0 unspecified atom stereocenters. The van der Waals surface area contributed by atoms with Crippen molar-refractivity contribution in [3.8, 4) is 5.75 Å². The minimum atomic E-state index is -1.06. The van der Waals surface area contributed by atoms with Gasteiger partial charge < -0.3 is 9.47 Å². The van der Waals surface area contributed by atoms with Crippen molar-refractivity contribution in [3.05, 3.63) is 71.1 Å². The fourth-order valence-corrected chi connectivity index (χ4v) is 4.10. The second-order valence-electron chi connectivity index (χ2n) is 8.60. The standard InChI is InChI=1S/C23H22Br2N4O6/c1-12(21(31)34-5)35-19-16(25)8-13(9-18(19)29(32)33)11-26-28-20(30)15-10-14(24)6-7-17(15)27-22(28)23(2,3)4/h6-12H,1-5H3/t12-/m1/s1. The Morgan fingerprint density at radius 1 is 1.26 bits per heavy atom. The monoisotopic (exact) mass is 608 g/mol. The Labute approximate surface area is 217 Å². The van der Waals surface area contributed by atoms with E-state index in [1.165, 1.54) is 37.1 Å². The summed E-state index contributed by atoms with van der Waals surface area (Å²) in [6.07, 6.45) is 0.262. The number of aromatic nitrogens is 2. The van der Waals surface area contributed by atoms with Crippen LogP contribution in [-0.4, -0.2) is 40.0 Å². The third kappa shape index (κ3) is 5.76. The maximum absolute atomic E-state index is 13.3. The number of esters is 1. The molecule has 0 aliphatic rings. The van der Waals surface area contributed by atoms with Gasteiger partial charge in [0.1, 0.15) is 5.82 Å². The van der Waals surface area contributed by atoms with Crippen molar-refractivity contribution in [2.45, 2.75) is 39.2 Å². The number of hydrogen-bond donors (Lipinski definition) is 0. The molecule has 0 aliphatic heterocycles. The quantitative estimate of drug-likeness (QED) is 0.167. The number of hydrogen-bond acceptors (Lipinski definition) is 8. The van der Waals surface area contributed by atoms with E-state index in [1.807, 2.05) is 20.8 Å². The van der Waals surface area contributed by atoms with Crippen molar-refractivity contribution < 1.29 is 19.2 Å². The van der Waals surface area contributed by atoms with Gasteiger partial charge in [-0.2, -0.15) is 9.78 Å². The second kappa shape index (κ2) is 10.2. The summed E-state index contributed by atoms with van der Waals surface area (Å²) in [4.78, 5) is 40.7. The smallest absolute Gasteiger partial charge is 0.346 e. The lowest BCUT2D eigenvalue weighted by Crippen LogP contribution is -2.29. The van der Waals surface area contributed by atoms with E-state index in [2.05, 4.69) is 46.7 Å². The van der Waals surface area contributed by atoms with Crippen molar-refractivity contribution in [1.29, 1.82) is 0 Å². The van der Waals surface area contributed by atoms with E-state index in [1.54, 1.807) is 18.2 Å². The number of carbonyl (C=O) groups excluding carboxylic acids is 1. The summed E-state index contributed by atoms with van der Waals surface area (Å²) < 4.78 is 12.2. The van der Waals surface area contributed by atoms with Crippen LogP contribution >= 0.6 is 31.9 Å². The molecule has 12 heteroatoms. The van der Waals surface area contributed by atoms with Crippen LogP contribution in [0.15, 0.2) is 49.2 Å². The number of nitro groups is 1. The van der Waals surface area contributed by atoms with Gasteiger partial charge in [-0.25, -0.2) is 9.78 Å². The maximum Gasteiger partial charge on any atom is 0.346 e. The molecule has 2 aromatic carbocycles. The van der Waals surface area contributed by atoms with Crippen LogP contribution in [0.4, 0.5) is 5.69 Å². The first kappa shape index (κ1) is 26.5. The molecule has 0 N–H and O–H groups in total. The number of carbonyl (C=O) groups is 1. The lowest BCUT2D eigenvalue weighted by molar-refractivity contribution is -0.386. The van der Waals surface area contributed by atoms with Gasteiger partial charge in [-0.15, -0.1) is 0 Å². The van der Waals surface area contributed by atoms with E-state index in [0.29, 0.717) is 22.3 Å². The van der Waals surface area contributed by atoms with Crippen molar-refractivity contribution in [2.24, 2.45) is 5.10 Å². The van der Waals surface area contributed by atoms with Crippen LogP contribution in [0.25, 0.3) is 10.9 Å². The molecule has 1 atom stereocenters. The van der Waals surface area contributed by atoms with Crippen LogP contribution in [-0.2, 0) is 14.9 Å². The predicted octanol–water partition coefficient (Wildman–Crippen LogP) is 4.95. The van der Waals surface area contributed by atoms with E-state index < -0.39 is 22.4 Å². The number of benzene rings is 2. The first-order valence-electron chi connectivity index (χ1n) is 10.3. The molecule has 3 aromatic rings. The van der Waals surface area contributed by atoms with Crippen LogP contribution in [0.1, 0.15) is 39.1 Å². The zero-order chi connectivity index (χ0) is 26.1. The molecule has 0 radical (unpaired) electrons. The summed E-state index contributed by atoms with van der Waals surface area (Å²) in [7, 11) is 1.19. The van der Waals surface area contributed by atoms with Crippen molar-refractivity contribution in [2.75, 3.05) is 7.11 Å². The number of rotatable bonds is 6. The topological polar surface area (TPSA) is 126 Å². The molecule has 1 heterocycles. The van der Waals surface area contributed by atoms with Gasteiger partial charge in [-0.1, -0.05) is 36.7 Å². The van der Waals surface area contributed by atoms with Gasteiger partial charge in [0.15, 0.2) is 6.10 Å². The Balaban J connectivity index is 2.14. The van der Waals surface area contributed by atoms with E-state index in [9.17, 15) is 19.7 Å². The van der Waals surface area contributed by atoms with Crippen LogP contribution in [0.2, 0.25) is 0 Å². The summed E-state index contributed by atoms with van der Waals surface area (Å²) in [5.74, 6) is -0.384. The number of ether oxygens (including phenoxy) is 2. The third-order valence-corrected chi connectivity index (χ3v) is 5.95. The molecule has 0 saturated heterocycles. The molecule has 0 saturated carbocycles. The highest BCUT2D eigenvalue weighted by Gasteiger charge is 2.26. The molecule has 3 rings (SSSR count). The van der Waals surface area contributed by atoms with Crippen LogP contribution in [0, 0.1) is 10.1 Å². The average molecular weight is 610 g/mol. The van der Waals surface area contributed by atoms with E-state index in [0.717, 1.165) is 4.47 Å². The van der Waals surface area contributed by atoms with Crippen molar-refractivity contribution >= 4 is 60.6 Å². The van der Waals surface area contributed by atoms with Crippen LogP contribution in [0.5, 0.6) is 5.75 Å². The molecule has 10 nitrogen and oxygen atoms in total. The van der Waals surface area contributed by atoms with E-state index in [-0.39, 0.29) is 21.5 Å². The molecule has 0 fully saturated rings. The Bertz CT molecular complexity index is 1410. The van der Waals surface area contributed by atoms with Gasteiger partial charge in [-0.05, 0) is 47.1 Å². The Kier molecular flexibility index (Phi) is 7.75. The van der Waals surface area contributed by atoms with Crippen LogP contribution < -0.4 is 10.3 Å². The van der Waals surface area contributed by atoms with Gasteiger partial charge in [0.2, 0.25) is 5.75 Å². The maximum atomic E-state index is 13.3. The van der Waals surface area contributed by atoms with Crippen molar-refractivity contribution in [1.82, 2.24) is 9.66 Å². The lowest BCUT2D eigenvalue weighted by atomic mass is 9.95. The SMILES string of the molecule is COC(=O)[C@@H](C)Oc1c(Br)cc(C=Nn2c(C(C)(C)C)nc3ccc(Br)cc3c2=O)cc1[N+](=O)[O-]. The van der Waals surface area contributed by atoms with E-state index in [4.69, 9.17) is 4.74 Å². The van der Waals surface area contributed by atoms with Gasteiger partial charge in [0, 0.05) is 21.5 Å². The highest BCUT2D eigenvalue weighted by Crippen LogP contribution is 2.37. The Hall–Kier alpha value is -3.12. The number of methoxy groups -OCH3 is 1. The van der Waals surface area contributed by atoms with Crippen molar-refractivity contribution in [3.63, 3.8) is 0 Å². The largest absolute Gasteiger partial charge is 0.471 e. The molecule has 0 spiro atoms. The fourth-order valence-electron chi connectivity index (χ4n) is 3.18. The minimum Gasteiger partial charge on any atom is -0.471 e. The zero-order valence-electron chi connectivity index (χ0n) is 19.5. The molecular weight excluding hydrogens is 588 g/mol. The number of fused-ring (bicyclic) bond motifs is 1. The molecule has 0 amide bonds.